The normalized spacial score (nSPS) is 10.4. The van der Waals surface area contributed by atoms with Crippen molar-refractivity contribution in [2.75, 3.05) is 0 Å². The first-order chi connectivity index (χ1) is 11.6. The van der Waals surface area contributed by atoms with Gasteiger partial charge in [-0.1, -0.05) is 52.3 Å². The summed E-state index contributed by atoms with van der Waals surface area (Å²) in [5, 5.41) is 12.3. The molecule has 3 rings (SSSR count). The van der Waals surface area contributed by atoms with Crippen LogP contribution in [0, 0.1) is 0 Å². The molecule has 2 N–H and O–H groups in total. The molecule has 0 heterocycles. The van der Waals surface area contributed by atoms with E-state index in [1.807, 2.05) is 48.5 Å². The minimum atomic E-state index is -0.104. The standard InChI is InChI=1S/C20H16BrNO2/c21-18-3-1-2-14(12-18)13-22-20(24)17-6-4-15(5-7-17)16-8-10-19(23)11-9-16/h1-12,23H,13H2,(H,22,24). The summed E-state index contributed by atoms with van der Waals surface area (Å²) in [6.45, 7) is 0.484. The number of phenolic OH excluding ortho intramolecular Hbond substituents is 1. The summed E-state index contributed by atoms with van der Waals surface area (Å²) in [7, 11) is 0. The number of aromatic hydroxyl groups is 1. The number of phenols is 1. The number of hydrogen-bond acceptors (Lipinski definition) is 2. The van der Waals surface area contributed by atoms with Crippen LogP contribution >= 0.6 is 15.9 Å². The largest absolute Gasteiger partial charge is 0.508 e. The third kappa shape index (κ3) is 4.03. The van der Waals surface area contributed by atoms with E-state index in [1.54, 1.807) is 24.3 Å². The molecule has 3 nitrogen and oxygen atoms in total. The smallest absolute Gasteiger partial charge is 0.251 e. The first-order valence-electron chi connectivity index (χ1n) is 7.54. The van der Waals surface area contributed by atoms with Gasteiger partial charge in [-0.15, -0.1) is 0 Å². The Morgan fingerprint density at radius 1 is 0.917 bits per heavy atom. The predicted molar refractivity (Wildman–Crippen MR) is 98.9 cm³/mol. The lowest BCUT2D eigenvalue weighted by atomic mass is 10.0. The van der Waals surface area contributed by atoms with Gasteiger partial charge in [0.2, 0.25) is 0 Å². The molecule has 0 radical (unpaired) electrons. The Labute approximate surface area is 149 Å². The highest BCUT2D eigenvalue weighted by molar-refractivity contribution is 9.10. The lowest BCUT2D eigenvalue weighted by Crippen LogP contribution is -2.22. The molecule has 0 unspecified atom stereocenters. The van der Waals surface area contributed by atoms with Gasteiger partial charge in [-0.3, -0.25) is 4.79 Å². The van der Waals surface area contributed by atoms with Crippen molar-refractivity contribution in [1.29, 1.82) is 0 Å². The van der Waals surface area contributed by atoms with Crippen LogP contribution in [0.3, 0.4) is 0 Å². The number of halogens is 1. The molecule has 0 spiro atoms. The summed E-state index contributed by atoms with van der Waals surface area (Å²) in [5.41, 5.74) is 3.65. The Morgan fingerprint density at radius 2 is 1.54 bits per heavy atom. The van der Waals surface area contributed by atoms with Crippen LogP contribution in [0.15, 0.2) is 77.3 Å². The summed E-state index contributed by atoms with van der Waals surface area (Å²) < 4.78 is 0.993. The minimum Gasteiger partial charge on any atom is -0.508 e. The van der Waals surface area contributed by atoms with E-state index in [9.17, 15) is 9.90 Å². The van der Waals surface area contributed by atoms with E-state index in [0.29, 0.717) is 12.1 Å². The van der Waals surface area contributed by atoms with Crippen LogP contribution < -0.4 is 5.32 Å². The first-order valence-corrected chi connectivity index (χ1v) is 8.33. The highest BCUT2D eigenvalue weighted by atomic mass is 79.9. The maximum Gasteiger partial charge on any atom is 0.251 e. The average molecular weight is 382 g/mol. The van der Waals surface area contributed by atoms with E-state index in [-0.39, 0.29) is 11.7 Å². The maximum absolute atomic E-state index is 12.2. The molecule has 0 aliphatic heterocycles. The molecule has 4 heteroatoms. The third-order valence-corrected chi connectivity index (χ3v) is 4.18. The minimum absolute atomic E-state index is 0.104. The lowest BCUT2D eigenvalue weighted by Gasteiger charge is -2.07. The molecule has 0 fully saturated rings. The number of benzene rings is 3. The molecule has 120 valence electrons. The van der Waals surface area contributed by atoms with Gasteiger partial charge in [0.15, 0.2) is 0 Å². The fourth-order valence-electron chi connectivity index (χ4n) is 2.40. The van der Waals surface area contributed by atoms with Gasteiger partial charge in [0.05, 0.1) is 0 Å². The van der Waals surface area contributed by atoms with E-state index in [1.165, 1.54) is 0 Å². The van der Waals surface area contributed by atoms with Crippen molar-refractivity contribution in [3.63, 3.8) is 0 Å². The van der Waals surface area contributed by atoms with Gasteiger partial charge in [0.25, 0.3) is 5.91 Å². The lowest BCUT2D eigenvalue weighted by molar-refractivity contribution is 0.0951. The predicted octanol–water partition coefficient (Wildman–Crippen LogP) is 4.75. The van der Waals surface area contributed by atoms with E-state index in [0.717, 1.165) is 21.2 Å². The SMILES string of the molecule is O=C(NCc1cccc(Br)c1)c1ccc(-c2ccc(O)cc2)cc1. The van der Waals surface area contributed by atoms with Gasteiger partial charge < -0.3 is 10.4 Å². The van der Waals surface area contributed by atoms with E-state index < -0.39 is 0 Å². The molecule has 0 saturated heterocycles. The first kappa shape index (κ1) is 16.3. The quantitative estimate of drug-likeness (QED) is 0.684. The molecule has 24 heavy (non-hydrogen) atoms. The molecular weight excluding hydrogens is 366 g/mol. The summed E-state index contributed by atoms with van der Waals surface area (Å²) >= 11 is 3.42. The molecule has 3 aromatic carbocycles. The van der Waals surface area contributed by atoms with Gasteiger partial charge in [-0.25, -0.2) is 0 Å². The fourth-order valence-corrected chi connectivity index (χ4v) is 2.85. The molecule has 0 bridgehead atoms. The fraction of sp³-hybridized carbons (Fsp3) is 0.0500. The number of hydrogen-bond donors (Lipinski definition) is 2. The van der Waals surface area contributed by atoms with E-state index in [4.69, 9.17) is 0 Å². The second-order valence-corrected chi connectivity index (χ2v) is 6.35. The topological polar surface area (TPSA) is 49.3 Å². The zero-order chi connectivity index (χ0) is 16.9. The number of amides is 1. The van der Waals surface area contributed by atoms with Crippen molar-refractivity contribution >= 4 is 21.8 Å². The Balaban J connectivity index is 1.66. The summed E-state index contributed by atoms with van der Waals surface area (Å²) in [5.74, 6) is 0.134. The van der Waals surface area contributed by atoms with Crippen LogP contribution in [0.25, 0.3) is 11.1 Å². The van der Waals surface area contributed by atoms with Crippen molar-refractivity contribution in [2.24, 2.45) is 0 Å². The van der Waals surface area contributed by atoms with Gasteiger partial charge in [-0.2, -0.15) is 0 Å². The van der Waals surface area contributed by atoms with Gasteiger partial charge >= 0.3 is 0 Å². The average Bonchev–Trinajstić information content (AvgIpc) is 2.61. The Hall–Kier alpha value is -2.59. The molecule has 0 atom stereocenters. The van der Waals surface area contributed by atoms with Gasteiger partial charge in [-0.05, 0) is 53.1 Å². The molecule has 3 aromatic rings. The van der Waals surface area contributed by atoms with Gasteiger partial charge in [0.1, 0.15) is 5.75 Å². The number of nitrogens with one attached hydrogen (secondary N) is 1. The zero-order valence-electron chi connectivity index (χ0n) is 12.9. The van der Waals surface area contributed by atoms with Crippen LogP contribution in [-0.2, 0) is 6.54 Å². The van der Waals surface area contributed by atoms with Crippen molar-refractivity contribution in [1.82, 2.24) is 5.32 Å². The summed E-state index contributed by atoms with van der Waals surface area (Å²) in [6.07, 6.45) is 0. The van der Waals surface area contributed by atoms with Crippen molar-refractivity contribution in [3.8, 4) is 16.9 Å². The molecule has 0 aromatic heterocycles. The Bertz CT molecular complexity index is 842. The third-order valence-electron chi connectivity index (χ3n) is 3.69. The Morgan fingerprint density at radius 3 is 2.17 bits per heavy atom. The highest BCUT2D eigenvalue weighted by Crippen LogP contribution is 2.22. The monoisotopic (exact) mass is 381 g/mol. The van der Waals surface area contributed by atoms with Crippen LogP contribution in [0.4, 0.5) is 0 Å². The van der Waals surface area contributed by atoms with Crippen molar-refractivity contribution < 1.29 is 9.90 Å². The van der Waals surface area contributed by atoms with Gasteiger partial charge in [0, 0.05) is 16.6 Å². The van der Waals surface area contributed by atoms with Crippen LogP contribution in [0.1, 0.15) is 15.9 Å². The second kappa shape index (κ2) is 7.32. The van der Waals surface area contributed by atoms with E-state index in [2.05, 4.69) is 21.2 Å². The second-order valence-electron chi connectivity index (χ2n) is 5.44. The zero-order valence-corrected chi connectivity index (χ0v) is 14.5. The van der Waals surface area contributed by atoms with Crippen LogP contribution in [0.2, 0.25) is 0 Å². The van der Waals surface area contributed by atoms with Crippen molar-refractivity contribution in [3.05, 3.63) is 88.4 Å². The van der Waals surface area contributed by atoms with Crippen molar-refractivity contribution in [2.45, 2.75) is 6.54 Å². The maximum atomic E-state index is 12.2. The molecule has 0 aliphatic carbocycles. The summed E-state index contributed by atoms with van der Waals surface area (Å²) in [6, 6.07) is 22.2. The molecule has 0 saturated carbocycles. The Kier molecular flexibility index (Phi) is 4.96. The molecular formula is C20H16BrNO2. The van der Waals surface area contributed by atoms with E-state index >= 15 is 0 Å². The van der Waals surface area contributed by atoms with Crippen LogP contribution in [0.5, 0.6) is 5.75 Å². The number of carbonyl (C=O) groups is 1. The highest BCUT2D eigenvalue weighted by Gasteiger charge is 2.06. The van der Waals surface area contributed by atoms with Crippen LogP contribution in [-0.4, -0.2) is 11.0 Å². The molecule has 1 amide bonds. The number of carbonyl (C=O) groups excluding carboxylic acids is 1. The summed E-state index contributed by atoms with van der Waals surface area (Å²) in [4.78, 5) is 12.2. The molecule has 0 aliphatic rings. The number of rotatable bonds is 4.